The third-order valence-corrected chi connectivity index (χ3v) is 2.06. The predicted molar refractivity (Wildman–Crippen MR) is 50.3 cm³/mol. The van der Waals surface area contributed by atoms with Gasteiger partial charge in [-0.2, -0.15) is 5.26 Å². The Kier molecular flexibility index (Phi) is 3.74. The molecule has 0 aromatic carbocycles. The highest BCUT2D eigenvalue weighted by Crippen LogP contribution is 2.27. The average Bonchev–Trinajstić information content (AvgIpc) is 2.27. The smallest absolute Gasteiger partial charge is 0.341 e. The Bertz CT molecular complexity index is 471. The number of rotatable bonds is 2. The number of pyridine rings is 1. The standard InChI is InChI=1S/C9H5ClF2N2O2/c1-16-9(15)6-4(2-13)5(10)3-14-7(6)8(11)12/h3,8H,1H3. The maximum Gasteiger partial charge on any atom is 0.341 e. The Hall–Kier alpha value is -1.74. The summed E-state index contributed by atoms with van der Waals surface area (Å²) < 4.78 is 29.4. The summed E-state index contributed by atoms with van der Waals surface area (Å²) in [6, 6.07) is 1.57. The van der Waals surface area contributed by atoms with Crippen molar-refractivity contribution < 1.29 is 18.3 Å². The van der Waals surface area contributed by atoms with Crippen molar-refractivity contribution >= 4 is 17.6 Å². The molecule has 4 nitrogen and oxygen atoms in total. The van der Waals surface area contributed by atoms with Crippen molar-refractivity contribution in [1.82, 2.24) is 4.98 Å². The summed E-state index contributed by atoms with van der Waals surface area (Å²) in [7, 11) is 1.01. The fourth-order valence-electron chi connectivity index (χ4n) is 1.09. The van der Waals surface area contributed by atoms with Crippen molar-refractivity contribution in [2.75, 3.05) is 7.11 Å². The van der Waals surface area contributed by atoms with Gasteiger partial charge in [0.2, 0.25) is 0 Å². The second kappa shape index (κ2) is 4.86. The van der Waals surface area contributed by atoms with Crippen molar-refractivity contribution in [2.45, 2.75) is 6.43 Å². The molecule has 16 heavy (non-hydrogen) atoms. The van der Waals surface area contributed by atoms with E-state index >= 15 is 0 Å². The molecule has 1 aromatic heterocycles. The second-order valence-corrected chi connectivity index (χ2v) is 3.05. The molecule has 0 bridgehead atoms. The first-order valence-corrected chi connectivity index (χ1v) is 4.35. The van der Waals surface area contributed by atoms with E-state index in [1.807, 2.05) is 0 Å². The molecule has 0 fully saturated rings. The average molecular weight is 247 g/mol. The van der Waals surface area contributed by atoms with E-state index in [0.717, 1.165) is 13.3 Å². The first-order chi connectivity index (χ1) is 7.52. The van der Waals surface area contributed by atoms with Crippen LogP contribution in [0.1, 0.15) is 28.0 Å². The highest BCUT2D eigenvalue weighted by Gasteiger charge is 2.26. The van der Waals surface area contributed by atoms with Crippen LogP contribution in [-0.2, 0) is 4.74 Å². The van der Waals surface area contributed by atoms with Crippen molar-refractivity contribution in [3.05, 3.63) is 28.0 Å². The largest absolute Gasteiger partial charge is 0.465 e. The number of nitrogens with zero attached hydrogens (tertiary/aromatic N) is 2. The number of carbonyl (C=O) groups is 1. The zero-order valence-electron chi connectivity index (χ0n) is 8.00. The molecule has 84 valence electrons. The van der Waals surface area contributed by atoms with Gasteiger partial charge in [-0.05, 0) is 0 Å². The van der Waals surface area contributed by atoms with E-state index in [9.17, 15) is 13.6 Å². The van der Waals surface area contributed by atoms with Gasteiger partial charge in [0.1, 0.15) is 17.3 Å². The van der Waals surface area contributed by atoms with E-state index in [4.69, 9.17) is 16.9 Å². The van der Waals surface area contributed by atoms with Crippen LogP contribution >= 0.6 is 11.6 Å². The maximum absolute atomic E-state index is 12.5. The summed E-state index contributed by atoms with van der Waals surface area (Å²) in [4.78, 5) is 14.6. The van der Waals surface area contributed by atoms with Crippen molar-refractivity contribution in [3.63, 3.8) is 0 Å². The molecule has 1 rings (SSSR count). The number of hydrogen-bond acceptors (Lipinski definition) is 4. The summed E-state index contributed by atoms with van der Waals surface area (Å²) in [5.74, 6) is -1.07. The predicted octanol–water partition coefficient (Wildman–Crippen LogP) is 2.33. The van der Waals surface area contributed by atoms with Gasteiger partial charge in [-0.1, -0.05) is 11.6 Å². The van der Waals surface area contributed by atoms with Crippen LogP contribution < -0.4 is 0 Å². The number of aromatic nitrogens is 1. The Labute approximate surface area is 94.4 Å². The van der Waals surface area contributed by atoms with E-state index in [-0.39, 0.29) is 10.6 Å². The number of alkyl halides is 2. The minimum absolute atomic E-state index is 0.174. The highest BCUT2D eigenvalue weighted by molar-refractivity contribution is 6.32. The van der Waals surface area contributed by atoms with Gasteiger partial charge >= 0.3 is 5.97 Å². The van der Waals surface area contributed by atoms with Crippen LogP contribution in [0, 0.1) is 11.3 Å². The van der Waals surface area contributed by atoms with Gasteiger partial charge in [0.05, 0.1) is 17.7 Å². The molecule has 0 unspecified atom stereocenters. The van der Waals surface area contributed by atoms with Gasteiger partial charge in [-0.15, -0.1) is 0 Å². The van der Waals surface area contributed by atoms with Gasteiger partial charge in [-0.3, -0.25) is 4.98 Å². The zero-order chi connectivity index (χ0) is 12.3. The summed E-state index contributed by atoms with van der Waals surface area (Å²) in [6.07, 6.45) is -2.09. The van der Waals surface area contributed by atoms with E-state index in [2.05, 4.69) is 9.72 Å². The molecule has 0 radical (unpaired) electrons. The monoisotopic (exact) mass is 246 g/mol. The Balaban J connectivity index is 3.55. The van der Waals surface area contributed by atoms with Crippen LogP contribution in [0.2, 0.25) is 5.02 Å². The first-order valence-electron chi connectivity index (χ1n) is 3.97. The van der Waals surface area contributed by atoms with E-state index < -0.39 is 23.7 Å². The van der Waals surface area contributed by atoms with Crippen molar-refractivity contribution in [1.29, 1.82) is 5.26 Å². The molecule has 0 saturated heterocycles. The maximum atomic E-state index is 12.5. The molecule has 0 N–H and O–H groups in total. The summed E-state index contributed by atoms with van der Waals surface area (Å²) in [5.41, 5.74) is -1.76. The number of methoxy groups -OCH3 is 1. The highest BCUT2D eigenvalue weighted by atomic mass is 35.5. The summed E-state index contributed by atoms with van der Waals surface area (Å²) in [6.45, 7) is 0. The lowest BCUT2D eigenvalue weighted by Gasteiger charge is -2.08. The van der Waals surface area contributed by atoms with Crippen LogP contribution in [-0.4, -0.2) is 18.1 Å². The molecule has 0 aliphatic rings. The number of esters is 1. The minimum Gasteiger partial charge on any atom is -0.465 e. The van der Waals surface area contributed by atoms with Crippen LogP contribution in [0.5, 0.6) is 0 Å². The zero-order valence-corrected chi connectivity index (χ0v) is 8.76. The quantitative estimate of drug-likeness (QED) is 0.752. The lowest BCUT2D eigenvalue weighted by Crippen LogP contribution is -2.11. The third kappa shape index (κ3) is 2.09. The fraction of sp³-hybridized carbons (Fsp3) is 0.222. The molecule has 7 heteroatoms. The summed E-state index contributed by atoms with van der Waals surface area (Å²) in [5, 5.41) is 8.56. The van der Waals surface area contributed by atoms with Crippen LogP contribution in [0.15, 0.2) is 6.20 Å². The van der Waals surface area contributed by atoms with E-state index in [1.165, 1.54) is 0 Å². The Morgan fingerprint density at radius 1 is 1.69 bits per heavy atom. The molecule has 0 saturated carbocycles. The van der Waals surface area contributed by atoms with Crippen LogP contribution in [0.4, 0.5) is 8.78 Å². The fourth-order valence-corrected chi connectivity index (χ4v) is 1.27. The number of hydrogen-bond donors (Lipinski definition) is 0. The normalized spacial score (nSPS) is 10.0. The topological polar surface area (TPSA) is 63.0 Å². The first kappa shape index (κ1) is 12.3. The number of halogens is 3. The molecule has 1 aromatic rings. The second-order valence-electron chi connectivity index (χ2n) is 2.65. The van der Waals surface area contributed by atoms with E-state index in [0.29, 0.717) is 0 Å². The van der Waals surface area contributed by atoms with Gasteiger partial charge < -0.3 is 4.74 Å². The molecule has 1 heterocycles. The molecule has 0 spiro atoms. The van der Waals surface area contributed by atoms with Gasteiger partial charge in [-0.25, -0.2) is 13.6 Å². The summed E-state index contributed by atoms with van der Waals surface area (Å²) >= 11 is 5.57. The van der Waals surface area contributed by atoms with Crippen molar-refractivity contribution in [2.24, 2.45) is 0 Å². The molecule has 0 aliphatic heterocycles. The number of nitriles is 1. The molecule has 0 aliphatic carbocycles. The minimum atomic E-state index is -2.99. The van der Waals surface area contributed by atoms with Crippen LogP contribution in [0.25, 0.3) is 0 Å². The molecule has 0 atom stereocenters. The van der Waals surface area contributed by atoms with Crippen molar-refractivity contribution in [3.8, 4) is 6.07 Å². The van der Waals surface area contributed by atoms with Gasteiger partial charge in [0.15, 0.2) is 0 Å². The van der Waals surface area contributed by atoms with E-state index in [1.54, 1.807) is 6.07 Å². The molecular weight excluding hydrogens is 242 g/mol. The third-order valence-electron chi connectivity index (χ3n) is 1.77. The lowest BCUT2D eigenvalue weighted by atomic mass is 10.1. The van der Waals surface area contributed by atoms with Crippen LogP contribution in [0.3, 0.4) is 0 Å². The van der Waals surface area contributed by atoms with Gasteiger partial charge in [0.25, 0.3) is 6.43 Å². The Morgan fingerprint density at radius 3 is 2.75 bits per heavy atom. The SMILES string of the molecule is COC(=O)c1c(C(F)F)ncc(Cl)c1C#N. The number of carbonyl (C=O) groups excluding carboxylic acids is 1. The lowest BCUT2D eigenvalue weighted by molar-refractivity contribution is 0.0586. The van der Waals surface area contributed by atoms with Gasteiger partial charge in [0, 0.05) is 6.20 Å². The number of ether oxygens (including phenoxy) is 1. The molecule has 0 amide bonds. The molecular formula is C9H5ClF2N2O2. The Morgan fingerprint density at radius 2 is 2.31 bits per heavy atom.